The van der Waals surface area contributed by atoms with Gasteiger partial charge in [-0.2, -0.15) is 5.10 Å². The standard InChI is InChI=1S/C22H27N5O2/c1-15-20-24-21-19(13-23-27(21)17-5-3-4-6-17)22(28)26(20)12-11-25(15)14-16-7-9-18(29-2)10-8-16/h7-10,13,15,17H,3-6,11-12,14H2,1-2H3. The zero-order valence-electron chi connectivity index (χ0n) is 17.0. The normalized spacial score (nSPS) is 20.3. The van der Waals surface area contributed by atoms with E-state index in [9.17, 15) is 4.79 Å². The van der Waals surface area contributed by atoms with Crippen molar-refractivity contribution in [3.8, 4) is 5.75 Å². The quantitative estimate of drug-likeness (QED) is 0.681. The molecule has 1 unspecified atom stereocenters. The smallest absolute Gasteiger partial charge is 0.264 e. The number of hydrogen-bond acceptors (Lipinski definition) is 5. The minimum absolute atomic E-state index is 0.0465. The van der Waals surface area contributed by atoms with Crippen LogP contribution in [0.2, 0.25) is 0 Å². The van der Waals surface area contributed by atoms with Gasteiger partial charge in [0.05, 0.1) is 25.4 Å². The molecule has 0 saturated heterocycles. The summed E-state index contributed by atoms with van der Waals surface area (Å²) in [5.74, 6) is 1.71. The van der Waals surface area contributed by atoms with E-state index in [-0.39, 0.29) is 11.6 Å². The third kappa shape index (κ3) is 3.13. The molecule has 0 amide bonds. The lowest BCUT2D eigenvalue weighted by atomic mass is 10.1. The van der Waals surface area contributed by atoms with Crippen LogP contribution in [0.3, 0.4) is 0 Å². The molecule has 29 heavy (non-hydrogen) atoms. The topological polar surface area (TPSA) is 65.2 Å². The molecule has 1 fully saturated rings. The van der Waals surface area contributed by atoms with Crippen LogP contribution in [0.4, 0.5) is 0 Å². The first-order valence-electron chi connectivity index (χ1n) is 10.5. The molecule has 2 aliphatic rings. The number of aromatic nitrogens is 4. The van der Waals surface area contributed by atoms with E-state index in [0.29, 0.717) is 18.0 Å². The Morgan fingerprint density at radius 2 is 1.90 bits per heavy atom. The summed E-state index contributed by atoms with van der Waals surface area (Å²) in [6.07, 6.45) is 6.40. The Morgan fingerprint density at radius 3 is 2.62 bits per heavy atom. The number of ether oxygens (including phenoxy) is 1. The van der Waals surface area contributed by atoms with Gasteiger partial charge in [0.1, 0.15) is 17.0 Å². The SMILES string of the molecule is COc1ccc(CN2CCn3c(nc4c(cnn4C4CCCC4)c3=O)C2C)cc1. The molecule has 0 N–H and O–H groups in total. The number of methoxy groups -OCH3 is 1. The van der Waals surface area contributed by atoms with Crippen molar-refractivity contribution in [2.45, 2.75) is 57.8 Å². The third-order valence-electron chi connectivity index (χ3n) is 6.49. The predicted octanol–water partition coefficient (Wildman–Crippen LogP) is 3.29. The molecule has 0 radical (unpaired) electrons. The average Bonchev–Trinajstić information content (AvgIpc) is 3.41. The van der Waals surface area contributed by atoms with Crippen LogP contribution in [0.25, 0.3) is 11.0 Å². The first-order valence-corrected chi connectivity index (χ1v) is 10.5. The van der Waals surface area contributed by atoms with Crippen LogP contribution in [-0.4, -0.2) is 37.9 Å². The van der Waals surface area contributed by atoms with Gasteiger partial charge in [-0.25, -0.2) is 9.67 Å². The van der Waals surface area contributed by atoms with Crippen molar-refractivity contribution in [3.05, 3.63) is 52.2 Å². The van der Waals surface area contributed by atoms with Crippen molar-refractivity contribution >= 4 is 11.0 Å². The molecule has 5 rings (SSSR count). The molecule has 1 aromatic carbocycles. The van der Waals surface area contributed by atoms with Gasteiger partial charge in [-0.05, 0) is 37.5 Å². The van der Waals surface area contributed by atoms with Gasteiger partial charge in [0.2, 0.25) is 0 Å². The summed E-state index contributed by atoms with van der Waals surface area (Å²) in [4.78, 5) is 20.5. The zero-order valence-corrected chi connectivity index (χ0v) is 17.0. The maximum absolute atomic E-state index is 13.1. The van der Waals surface area contributed by atoms with E-state index in [2.05, 4.69) is 29.1 Å². The highest BCUT2D eigenvalue weighted by Gasteiger charge is 2.29. The van der Waals surface area contributed by atoms with E-state index >= 15 is 0 Å². The van der Waals surface area contributed by atoms with Gasteiger partial charge in [0, 0.05) is 19.6 Å². The van der Waals surface area contributed by atoms with Crippen molar-refractivity contribution in [1.29, 1.82) is 0 Å². The maximum atomic E-state index is 13.1. The fraction of sp³-hybridized carbons (Fsp3) is 0.500. The molecule has 1 atom stereocenters. The number of nitrogens with zero attached hydrogens (tertiary/aromatic N) is 5. The molecule has 152 valence electrons. The summed E-state index contributed by atoms with van der Waals surface area (Å²) in [7, 11) is 1.68. The number of hydrogen-bond donors (Lipinski definition) is 0. The van der Waals surface area contributed by atoms with Crippen LogP contribution < -0.4 is 10.3 Å². The summed E-state index contributed by atoms with van der Waals surface area (Å²) in [6, 6.07) is 8.61. The Hall–Kier alpha value is -2.67. The fourth-order valence-electron chi connectivity index (χ4n) is 4.75. The largest absolute Gasteiger partial charge is 0.497 e. The lowest BCUT2D eigenvalue weighted by molar-refractivity contribution is 0.152. The van der Waals surface area contributed by atoms with E-state index in [0.717, 1.165) is 43.2 Å². The highest BCUT2D eigenvalue weighted by molar-refractivity contribution is 5.73. The fourth-order valence-corrected chi connectivity index (χ4v) is 4.75. The Labute approximate surface area is 169 Å². The van der Waals surface area contributed by atoms with Crippen LogP contribution >= 0.6 is 0 Å². The van der Waals surface area contributed by atoms with Crippen LogP contribution in [-0.2, 0) is 13.1 Å². The second-order valence-electron chi connectivity index (χ2n) is 8.19. The van der Waals surface area contributed by atoms with Gasteiger partial charge in [0.15, 0.2) is 5.65 Å². The molecule has 0 spiro atoms. The predicted molar refractivity (Wildman–Crippen MR) is 111 cm³/mol. The van der Waals surface area contributed by atoms with E-state index in [4.69, 9.17) is 9.72 Å². The Morgan fingerprint density at radius 1 is 1.14 bits per heavy atom. The van der Waals surface area contributed by atoms with Gasteiger partial charge in [-0.15, -0.1) is 0 Å². The van der Waals surface area contributed by atoms with Gasteiger partial charge >= 0.3 is 0 Å². The Bertz CT molecular complexity index is 1080. The van der Waals surface area contributed by atoms with Crippen molar-refractivity contribution in [3.63, 3.8) is 0 Å². The molecule has 0 bridgehead atoms. The van der Waals surface area contributed by atoms with Gasteiger partial charge in [-0.1, -0.05) is 25.0 Å². The molecule has 1 aliphatic heterocycles. The molecular formula is C22H27N5O2. The van der Waals surface area contributed by atoms with Crippen LogP contribution in [0.1, 0.15) is 56.1 Å². The first-order chi connectivity index (χ1) is 14.2. The van der Waals surface area contributed by atoms with Gasteiger partial charge in [0.25, 0.3) is 5.56 Å². The van der Waals surface area contributed by atoms with E-state index in [1.54, 1.807) is 13.3 Å². The lowest BCUT2D eigenvalue weighted by Gasteiger charge is -2.35. The summed E-state index contributed by atoms with van der Waals surface area (Å²) >= 11 is 0. The molecule has 1 aliphatic carbocycles. The summed E-state index contributed by atoms with van der Waals surface area (Å²) in [5.41, 5.74) is 2.03. The average molecular weight is 393 g/mol. The van der Waals surface area contributed by atoms with E-state index < -0.39 is 0 Å². The second-order valence-corrected chi connectivity index (χ2v) is 8.19. The summed E-state index contributed by atoms with van der Waals surface area (Å²) in [5, 5.41) is 5.20. The van der Waals surface area contributed by atoms with Gasteiger partial charge in [-0.3, -0.25) is 14.3 Å². The monoisotopic (exact) mass is 393 g/mol. The van der Waals surface area contributed by atoms with Crippen molar-refractivity contribution in [2.75, 3.05) is 13.7 Å². The second kappa shape index (κ2) is 7.30. The van der Waals surface area contributed by atoms with Crippen molar-refractivity contribution in [1.82, 2.24) is 24.2 Å². The number of benzene rings is 1. The number of fused-ring (bicyclic) bond motifs is 2. The van der Waals surface area contributed by atoms with Crippen LogP contribution in [0.5, 0.6) is 5.75 Å². The van der Waals surface area contributed by atoms with Crippen molar-refractivity contribution < 1.29 is 4.74 Å². The molecule has 1 saturated carbocycles. The molecule has 3 aromatic rings. The summed E-state index contributed by atoms with van der Waals surface area (Å²) in [6.45, 7) is 4.44. The number of rotatable bonds is 4. The molecular weight excluding hydrogens is 366 g/mol. The highest BCUT2D eigenvalue weighted by Crippen LogP contribution is 2.32. The maximum Gasteiger partial charge on any atom is 0.264 e. The lowest BCUT2D eigenvalue weighted by Crippen LogP contribution is -2.42. The van der Waals surface area contributed by atoms with Crippen LogP contribution in [0, 0.1) is 0 Å². The minimum atomic E-state index is 0.0465. The Kier molecular flexibility index (Phi) is 4.62. The Balaban J connectivity index is 1.48. The van der Waals surface area contributed by atoms with E-state index in [1.165, 1.54) is 18.4 Å². The van der Waals surface area contributed by atoms with Crippen LogP contribution in [0.15, 0.2) is 35.3 Å². The van der Waals surface area contributed by atoms with Crippen molar-refractivity contribution in [2.24, 2.45) is 0 Å². The molecule has 3 heterocycles. The third-order valence-corrected chi connectivity index (χ3v) is 6.49. The highest BCUT2D eigenvalue weighted by atomic mass is 16.5. The summed E-state index contributed by atoms with van der Waals surface area (Å²) < 4.78 is 9.10. The molecule has 2 aromatic heterocycles. The first kappa shape index (κ1) is 18.4. The molecule has 7 nitrogen and oxygen atoms in total. The zero-order chi connectivity index (χ0) is 20.0. The molecule has 7 heteroatoms. The van der Waals surface area contributed by atoms with E-state index in [1.807, 2.05) is 21.4 Å². The minimum Gasteiger partial charge on any atom is -0.497 e. The van der Waals surface area contributed by atoms with Gasteiger partial charge < -0.3 is 4.74 Å².